The molecule has 0 spiro atoms. The van der Waals surface area contributed by atoms with E-state index in [0.29, 0.717) is 5.71 Å². The first-order chi connectivity index (χ1) is 11.2. The Kier molecular flexibility index (Phi) is 3.79. The van der Waals surface area contributed by atoms with E-state index in [2.05, 4.69) is 41.4 Å². The van der Waals surface area contributed by atoms with Crippen molar-refractivity contribution in [3.8, 4) is 0 Å². The summed E-state index contributed by atoms with van der Waals surface area (Å²) in [5, 5.41) is 10.3. The summed E-state index contributed by atoms with van der Waals surface area (Å²) >= 11 is 0. The van der Waals surface area contributed by atoms with Crippen LogP contribution < -0.4 is 5.32 Å². The molecule has 24 heavy (non-hydrogen) atoms. The van der Waals surface area contributed by atoms with Gasteiger partial charge in [0.25, 0.3) is 5.91 Å². The highest BCUT2D eigenvalue weighted by molar-refractivity contribution is 6.13. The van der Waals surface area contributed by atoms with Crippen molar-refractivity contribution in [2.75, 3.05) is 0 Å². The van der Waals surface area contributed by atoms with E-state index in [1.807, 2.05) is 6.08 Å². The smallest absolute Gasteiger partial charge is 0.299 e. The van der Waals surface area contributed by atoms with Crippen molar-refractivity contribution in [3.05, 3.63) is 47.5 Å². The first-order valence-electron chi connectivity index (χ1n) is 7.66. The number of aromatic nitrogens is 3. The van der Waals surface area contributed by atoms with Crippen LogP contribution in [0.4, 0.5) is 0 Å². The highest BCUT2D eigenvalue weighted by Gasteiger charge is 2.32. The SMILES string of the molecule is Cn1cc(C(=O)N=C2C=CC3C(=C2)NC(=O)C=C3C(C)(C)C)nn1. The predicted molar refractivity (Wildman–Crippen MR) is 89.2 cm³/mol. The average molecular weight is 325 g/mol. The van der Waals surface area contributed by atoms with E-state index in [1.54, 1.807) is 25.3 Å². The molecule has 7 nitrogen and oxygen atoms in total. The van der Waals surface area contributed by atoms with Gasteiger partial charge in [0.15, 0.2) is 5.69 Å². The van der Waals surface area contributed by atoms with Gasteiger partial charge in [-0.1, -0.05) is 32.1 Å². The maximum Gasteiger partial charge on any atom is 0.299 e. The Morgan fingerprint density at radius 3 is 2.71 bits per heavy atom. The summed E-state index contributed by atoms with van der Waals surface area (Å²) < 4.78 is 1.44. The van der Waals surface area contributed by atoms with Crippen LogP contribution in [-0.2, 0) is 11.8 Å². The molecule has 0 aromatic carbocycles. The molecule has 0 saturated carbocycles. The number of aliphatic imine (C=N–C) groups is 1. The number of nitrogens with zero attached hydrogens (tertiary/aromatic N) is 4. The van der Waals surface area contributed by atoms with E-state index < -0.39 is 5.91 Å². The van der Waals surface area contributed by atoms with Crippen LogP contribution in [0.25, 0.3) is 0 Å². The molecule has 1 N–H and O–H groups in total. The molecule has 3 rings (SSSR count). The fourth-order valence-electron chi connectivity index (χ4n) is 2.76. The minimum absolute atomic E-state index is 0.00623. The van der Waals surface area contributed by atoms with Crippen LogP contribution in [-0.4, -0.2) is 32.5 Å². The Hall–Kier alpha value is -2.83. The van der Waals surface area contributed by atoms with Crippen LogP contribution in [0.2, 0.25) is 0 Å². The summed E-state index contributed by atoms with van der Waals surface area (Å²) in [4.78, 5) is 28.1. The van der Waals surface area contributed by atoms with E-state index in [0.717, 1.165) is 11.3 Å². The van der Waals surface area contributed by atoms with Crippen LogP contribution in [0.3, 0.4) is 0 Å². The van der Waals surface area contributed by atoms with Crippen LogP contribution in [0, 0.1) is 11.3 Å². The van der Waals surface area contributed by atoms with E-state index in [9.17, 15) is 9.59 Å². The van der Waals surface area contributed by atoms with Crippen molar-refractivity contribution in [1.82, 2.24) is 20.3 Å². The van der Waals surface area contributed by atoms with Crippen molar-refractivity contribution in [2.24, 2.45) is 23.4 Å². The van der Waals surface area contributed by atoms with Crippen molar-refractivity contribution < 1.29 is 9.59 Å². The molecule has 0 fully saturated rings. The summed E-state index contributed by atoms with van der Waals surface area (Å²) in [6.45, 7) is 6.22. The number of aryl methyl sites for hydroxylation is 1. The van der Waals surface area contributed by atoms with Crippen LogP contribution in [0.15, 0.2) is 46.8 Å². The molecule has 7 heteroatoms. The van der Waals surface area contributed by atoms with Gasteiger partial charge >= 0.3 is 0 Å². The highest BCUT2D eigenvalue weighted by atomic mass is 16.2. The fourth-order valence-corrected chi connectivity index (χ4v) is 2.76. The van der Waals surface area contributed by atoms with Gasteiger partial charge in [-0.2, -0.15) is 0 Å². The summed E-state index contributed by atoms with van der Waals surface area (Å²) in [5.41, 5.74) is 2.30. The minimum Gasteiger partial charge on any atom is -0.325 e. The van der Waals surface area contributed by atoms with Gasteiger partial charge in [0.1, 0.15) is 0 Å². The maximum atomic E-state index is 12.1. The maximum absolute atomic E-state index is 12.1. The van der Waals surface area contributed by atoms with E-state index in [-0.39, 0.29) is 22.9 Å². The number of carbonyl (C=O) groups is 2. The zero-order valence-corrected chi connectivity index (χ0v) is 14.1. The van der Waals surface area contributed by atoms with Gasteiger partial charge in [-0.05, 0) is 23.1 Å². The zero-order valence-electron chi connectivity index (χ0n) is 14.1. The Labute approximate surface area is 139 Å². The number of nitrogens with one attached hydrogen (secondary N) is 1. The lowest BCUT2D eigenvalue weighted by molar-refractivity contribution is -0.116. The number of allylic oxidation sites excluding steroid dienone is 3. The number of fused-ring (bicyclic) bond motifs is 1. The molecule has 1 aromatic heterocycles. The molecule has 0 radical (unpaired) electrons. The third kappa shape index (κ3) is 3.10. The van der Waals surface area contributed by atoms with Crippen molar-refractivity contribution >= 4 is 17.5 Å². The van der Waals surface area contributed by atoms with Gasteiger partial charge in [-0.3, -0.25) is 14.3 Å². The fraction of sp³-hybridized carbons (Fsp3) is 0.353. The lowest BCUT2D eigenvalue weighted by atomic mass is 9.74. The molecule has 0 saturated heterocycles. The standard InChI is InChI=1S/C17H19N5O2/c1-17(2,3)12-8-15(23)19-13-7-10(5-6-11(12)13)18-16(24)14-9-22(4)21-20-14/h5-9,11H,1-4H3,(H,19,23). The normalized spacial score (nSPS) is 21.9. The van der Waals surface area contributed by atoms with Gasteiger partial charge in [-0.25, -0.2) is 4.99 Å². The second kappa shape index (κ2) is 5.67. The van der Waals surface area contributed by atoms with E-state index >= 15 is 0 Å². The summed E-state index contributed by atoms with van der Waals surface area (Å²) in [6.07, 6.45) is 8.64. The molecular weight excluding hydrogens is 306 g/mol. The lowest BCUT2D eigenvalue weighted by Crippen LogP contribution is -2.36. The number of rotatable bonds is 1. The van der Waals surface area contributed by atoms with Gasteiger partial charge in [0.05, 0.1) is 11.9 Å². The molecule has 2 amide bonds. The monoisotopic (exact) mass is 325 g/mol. The number of hydrogen-bond donors (Lipinski definition) is 1. The van der Waals surface area contributed by atoms with Crippen molar-refractivity contribution in [3.63, 3.8) is 0 Å². The number of amides is 2. The number of carbonyl (C=O) groups excluding carboxylic acids is 2. The molecule has 1 unspecified atom stereocenters. The molecule has 1 aliphatic heterocycles. The quantitative estimate of drug-likeness (QED) is 0.848. The molecule has 1 atom stereocenters. The summed E-state index contributed by atoms with van der Waals surface area (Å²) in [5.74, 6) is -0.627. The second-order valence-electron chi connectivity index (χ2n) is 6.89. The predicted octanol–water partition coefficient (Wildman–Crippen LogP) is 1.57. The first kappa shape index (κ1) is 16.0. The Morgan fingerprint density at radius 1 is 1.33 bits per heavy atom. The van der Waals surface area contributed by atoms with Crippen molar-refractivity contribution in [1.29, 1.82) is 0 Å². The van der Waals surface area contributed by atoms with Gasteiger partial charge in [0.2, 0.25) is 5.91 Å². The Balaban J connectivity index is 1.90. The number of hydrogen-bond acceptors (Lipinski definition) is 4. The topological polar surface area (TPSA) is 89.2 Å². The molecule has 124 valence electrons. The summed E-state index contributed by atoms with van der Waals surface area (Å²) in [6, 6.07) is 0. The minimum atomic E-state index is -0.466. The lowest BCUT2D eigenvalue weighted by Gasteiger charge is -2.34. The average Bonchev–Trinajstić information content (AvgIpc) is 2.92. The van der Waals surface area contributed by atoms with Crippen LogP contribution >= 0.6 is 0 Å². The van der Waals surface area contributed by atoms with Crippen LogP contribution in [0.5, 0.6) is 0 Å². The second-order valence-corrected chi connectivity index (χ2v) is 6.89. The molecule has 2 aliphatic rings. The Bertz CT molecular complexity index is 833. The Morgan fingerprint density at radius 2 is 2.08 bits per heavy atom. The van der Waals surface area contributed by atoms with Gasteiger partial charge in [-0.15, -0.1) is 5.10 Å². The van der Waals surface area contributed by atoms with Crippen LogP contribution in [0.1, 0.15) is 31.3 Å². The molecular formula is C17H19N5O2. The molecule has 0 bridgehead atoms. The molecule has 2 heterocycles. The van der Waals surface area contributed by atoms with Crippen molar-refractivity contribution in [2.45, 2.75) is 20.8 Å². The first-order valence-corrected chi connectivity index (χ1v) is 7.66. The zero-order chi connectivity index (χ0) is 17.5. The van der Waals surface area contributed by atoms with Gasteiger partial charge < -0.3 is 5.32 Å². The summed E-state index contributed by atoms with van der Waals surface area (Å²) in [7, 11) is 1.68. The van der Waals surface area contributed by atoms with E-state index in [1.165, 1.54) is 10.9 Å². The largest absolute Gasteiger partial charge is 0.325 e. The third-order valence-corrected chi connectivity index (χ3v) is 3.91. The highest BCUT2D eigenvalue weighted by Crippen LogP contribution is 2.38. The third-order valence-electron chi connectivity index (χ3n) is 3.91. The molecule has 1 aromatic rings. The molecule has 1 aliphatic carbocycles. The van der Waals surface area contributed by atoms with Gasteiger partial charge in [0, 0.05) is 24.7 Å². The van der Waals surface area contributed by atoms with E-state index in [4.69, 9.17) is 0 Å².